The van der Waals surface area contributed by atoms with Crippen LogP contribution in [0.3, 0.4) is 0 Å². The molecule has 0 N–H and O–H groups in total. The second kappa shape index (κ2) is 10.9. The van der Waals surface area contributed by atoms with Crippen molar-refractivity contribution in [1.29, 1.82) is 0 Å². The van der Waals surface area contributed by atoms with Gasteiger partial charge < -0.3 is 0 Å². The number of aromatic nitrogens is 2. The van der Waals surface area contributed by atoms with Crippen LogP contribution in [-0.2, 0) is 0 Å². The first-order chi connectivity index (χ1) is 10.4. The molecule has 0 bridgehead atoms. The number of hydrogen-bond acceptors (Lipinski definition) is 2. The fourth-order valence-electron chi connectivity index (χ4n) is 1.94. The summed E-state index contributed by atoms with van der Waals surface area (Å²) in [6, 6.07) is 6.20. The maximum atomic E-state index is 4.40. The van der Waals surface area contributed by atoms with Gasteiger partial charge in [0.2, 0.25) is 0 Å². The predicted molar refractivity (Wildman–Crippen MR) is 97.5 cm³/mol. The highest BCUT2D eigenvalue weighted by atomic mass is 14.7. The molecule has 0 saturated carbocycles. The summed E-state index contributed by atoms with van der Waals surface area (Å²) >= 11 is 0. The molecule has 0 atom stereocenters. The van der Waals surface area contributed by atoms with Crippen LogP contribution in [0.2, 0.25) is 0 Å². The van der Waals surface area contributed by atoms with Crippen molar-refractivity contribution in [2.24, 2.45) is 0 Å². The molecule has 0 unspecified atom stereocenters. The Bertz CT molecular complexity index is 483. The molecule has 2 heteroatoms. The molecule has 2 heterocycles. The maximum Gasteiger partial charge on any atom is 0.0463 e. The van der Waals surface area contributed by atoms with Gasteiger partial charge in [0.25, 0.3) is 0 Å². The largest absolute Gasteiger partial charge is 0.264 e. The van der Waals surface area contributed by atoms with E-state index in [1.165, 1.54) is 22.4 Å². The molecule has 0 aromatic carbocycles. The molecule has 0 fully saturated rings. The smallest absolute Gasteiger partial charge is 0.0463 e. The molecular weight excluding hydrogens is 268 g/mol. The Labute approximate surface area is 137 Å². The van der Waals surface area contributed by atoms with Crippen molar-refractivity contribution in [3.05, 3.63) is 59.2 Å². The van der Waals surface area contributed by atoms with Crippen LogP contribution in [0.15, 0.2) is 36.8 Å². The highest BCUT2D eigenvalue weighted by Gasteiger charge is 2.09. The standard InChI is InChI=1S/C11H17N.C7H9N.C2H6/c1-8(2)10-6-5-7-12-11(10)9(3)4;1-6-3-4-8-5-7(6)2;1-2/h5-9H,1-4H3;3-5H,1-2H3;1-2H3. The molecule has 2 nitrogen and oxygen atoms in total. The minimum Gasteiger partial charge on any atom is -0.264 e. The molecule has 2 aromatic heterocycles. The quantitative estimate of drug-likeness (QED) is 0.674. The highest BCUT2D eigenvalue weighted by molar-refractivity contribution is 5.25. The third kappa shape index (κ3) is 6.84. The second-order valence-corrected chi connectivity index (χ2v) is 5.75. The van der Waals surface area contributed by atoms with Crippen LogP contribution < -0.4 is 0 Å². The van der Waals surface area contributed by atoms with Crippen molar-refractivity contribution in [2.45, 2.75) is 67.2 Å². The molecule has 0 spiro atoms. The predicted octanol–water partition coefficient (Wildman–Crippen LogP) is 6.05. The third-order valence-corrected chi connectivity index (χ3v) is 3.34. The maximum absolute atomic E-state index is 4.40. The molecule has 2 rings (SSSR count). The average molecular weight is 300 g/mol. The second-order valence-electron chi connectivity index (χ2n) is 5.75. The summed E-state index contributed by atoms with van der Waals surface area (Å²) in [7, 11) is 0. The van der Waals surface area contributed by atoms with E-state index in [2.05, 4.69) is 57.6 Å². The van der Waals surface area contributed by atoms with Crippen LogP contribution in [0, 0.1) is 13.8 Å². The number of rotatable bonds is 2. The van der Waals surface area contributed by atoms with Gasteiger partial charge in [-0.15, -0.1) is 0 Å². The Hall–Kier alpha value is -1.70. The van der Waals surface area contributed by atoms with Gasteiger partial charge in [0.05, 0.1) is 0 Å². The van der Waals surface area contributed by atoms with Gasteiger partial charge in [0, 0.05) is 24.3 Å². The van der Waals surface area contributed by atoms with Crippen molar-refractivity contribution in [2.75, 3.05) is 0 Å². The summed E-state index contributed by atoms with van der Waals surface area (Å²) in [5.41, 5.74) is 5.19. The van der Waals surface area contributed by atoms with Crippen LogP contribution in [-0.4, -0.2) is 9.97 Å². The monoisotopic (exact) mass is 300 g/mol. The van der Waals surface area contributed by atoms with Gasteiger partial charge in [-0.2, -0.15) is 0 Å². The van der Waals surface area contributed by atoms with Crippen LogP contribution in [0.1, 0.15) is 75.8 Å². The fourth-order valence-corrected chi connectivity index (χ4v) is 1.94. The number of pyridine rings is 2. The zero-order valence-electron chi connectivity index (χ0n) is 15.5. The lowest BCUT2D eigenvalue weighted by molar-refractivity contribution is 0.757. The molecule has 0 amide bonds. The van der Waals surface area contributed by atoms with E-state index < -0.39 is 0 Å². The fraction of sp³-hybridized carbons (Fsp3) is 0.500. The molecule has 0 saturated heterocycles. The average Bonchev–Trinajstić information content (AvgIpc) is 2.53. The molecular formula is C20H32N2. The number of aryl methyl sites for hydroxylation is 2. The lowest BCUT2D eigenvalue weighted by Crippen LogP contribution is -2.00. The zero-order chi connectivity index (χ0) is 17.1. The Morgan fingerprint density at radius 1 is 0.818 bits per heavy atom. The van der Waals surface area contributed by atoms with Gasteiger partial charge in [-0.25, -0.2) is 0 Å². The van der Waals surface area contributed by atoms with Crippen molar-refractivity contribution in [3.8, 4) is 0 Å². The summed E-state index contributed by atoms with van der Waals surface area (Å²) in [6.07, 6.45) is 5.55. The van der Waals surface area contributed by atoms with Crippen molar-refractivity contribution >= 4 is 0 Å². The van der Waals surface area contributed by atoms with Crippen molar-refractivity contribution in [3.63, 3.8) is 0 Å². The van der Waals surface area contributed by atoms with E-state index in [1.807, 2.05) is 44.6 Å². The summed E-state index contributed by atoms with van der Waals surface area (Å²) in [5.74, 6) is 1.11. The van der Waals surface area contributed by atoms with E-state index in [4.69, 9.17) is 0 Å². The Kier molecular flexibility index (Phi) is 10.1. The van der Waals surface area contributed by atoms with Gasteiger partial charge in [-0.1, -0.05) is 47.6 Å². The summed E-state index contributed by atoms with van der Waals surface area (Å²) in [6.45, 7) is 16.9. The van der Waals surface area contributed by atoms with Crippen LogP contribution in [0.25, 0.3) is 0 Å². The van der Waals surface area contributed by atoms with Gasteiger partial charge in [0.15, 0.2) is 0 Å². The Morgan fingerprint density at radius 3 is 1.82 bits per heavy atom. The summed E-state index contributed by atoms with van der Waals surface area (Å²) in [5, 5.41) is 0. The van der Waals surface area contributed by atoms with E-state index >= 15 is 0 Å². The molecule has 0 radical (unpaired) electrons. The molecule has 0 aliphatic carbocycles. The van der Waals surface area contributed by atoms with Crippen LogP contribution >= 0.6 is 0 Å². The van der Waals surface area contributed by atoms with E-state index in [1.54, 1.807) is 0 Å². The SMILES string of the molecule is CC.CC(C)c1cccnc1C(C)C.Cc1ccncc1C. The molecule has 2 aromatic rings. The zero-order valence-corrected chi connectivity index (χ0v) is 15.5. The minimum atomic E-state index is 0.531. The topological polar surface area (TPSA) is 25.8 Å². The lowest BCUT2D eigenvalue weighted by Gasteiger charge is -2.13. The number of hydrogen-bond donors (Lipinski definition) is 0. The van der Waals surface area contributed by atoms with Gasteiger partial charge >= 0.3 is 0 Å². The van der Waals surface area contributed by atoms with Crippen LogP contribution in [0.4, 0.5) is 0 Å². The minimum absolute atomic E-state index is 0.531. The normalized spacial score (nSPS) is 9.73. The van der Waals surface area contributed by atoms with Crippen molar-refractivity contribution < 1.29 is 0 Å². The van der Waals surface area contributed by atoms with E-state index in [0.29, 0.717) is 11.8 Å². The first-order valence-corrected chi connectivity index (χ1v) is 8.25. The summed E-state index contributed by atoms with van der Waals surface area (Å²) in [4.78, 5) is 8.34. The first-order valence-electron chi connectivity index (χ1n) is 8.25. The highest BCUT2D eigenvalue weighted by Crippen LogP contribution is 2.23. The number of nitrogens with zero attached hydrogens (tertiary/aromatic N) is 2. The van der Waals surface area contributed by atoms with Gasteiger partial charge in [0.1, 0.15) is 0 Å². The Morgan fingerprint density at radius 2 is 1.45 bits per heavy atom. The molecule has 22 heavy (non-hydrogen) atoms. The molecule has 122 valence electrons. The van der Waals surface area contributed by atoms with Crippen LogP contribution in [0.5, 0.6) is 0 Å². The molecule has 0 aliphatic heterocycles. The summed E-state index contributed by atoms with van der Waals surface area (Å²) < 4.78 is 0. The lowest BCUT2D eigenvalue weighted by atomic mass is 9.96. The molecule has 0 aliphatic rings. The first kappa shape index (κ1) is 20.3. The van der Waals surface area contributed by atoms with E-state index in [-0.39, 0.29) is 0 Å². The van der Waals surface area contributed by atoms with Gasteiger partial charge in [-0.05, 0) is 54.5 Å². The van der Waals surface area contributed by atoms with E-state index in [9.17, 15) is 0 Å². The van der Waals surface area contributed by atoms with Gasteiger partial charge in [-0.3, -0.25) is 9.97 Å². The van der Waals surface area contributed by atoms with Crippen molar-refractivity contribution in [1.82, 2.24) is 9.97 Å². The van der Waals surface area contributed by atoms with E-state index in [0.717, 1.165) is 0 Å². The third-order valence-electron chi connectivity index (χ3n) is 3.34. The Balaban J connectivity index is 0.000000382.